The number of hydrogen-bond donors (Lipinski definition) is 0. The van der Waals surface area contributed by atoms with Crippen LogP contribution < -0.4 is 9.47 Å². The molecule has 2 aromatic carbocycles. The third kappa shape index (κ3) is 4.22. The van der Waals surface area contributed by atoms with Crippen LogP contribution in [0, 0.1) is 0 Å². The number of ether oxygens (including phenoxy) is 2. The molecule has 31 heavy (non-hydrogen) atoms. The Hall–Kier alpha value is -3.10. The fourth-order valence-corrected chi connectivity index (χ4v) is 5.21. The maximum atomic E-state index is 6.13. The molecule has 0 saturated carbocycles. The van der Waals surface area contributed by atoms with Crippen molar-refractivity contribution in [2.45, 2.75) is 23.6 Å². The Bertz CT molecular complexity index is 1190. The Balaban J connectivity index is 1.32. The van der Waals surface area contributed by atoms with Gasteiger partial charge in [-0.2, -0.15) is 0 Å². The highest BCUT2D eigenvalue weighted by Gasteiger charge is 2.28. The second-order valence-corrected chi connectivity index (χ2v) is 8.95. The van der Waals surface area contributed by atoms with E-state index in [1.807, 2.05) is 59.3 Å². The maximum Gasteiger partial charge on any atom is 0.192 e. The van der Waals surface area contributed by atoms with Crippen LogP contribution in [-0.4, -0.2) is 26.4 Å². The molecule has 5 rings (SSSR count). The zero-order chi connectivity index (χ0) is 21.0. The lowest BCUT2D eigenvalue weighted by molar-refractivity contribution is 0.0821. The number of thiazole rings is 1. The largest absolute Gasteiger partial charge is 0.485 e. The Morgan fingerprint density at radius 3 is 2.74 bits per heavy atom. The SMILES string of the molecule is C=CCn1c(SCc2cnc(-c3ccccc3)s2)nnc1C1COc2ccccc2O1. The van der Waals surface area contributed by atoms with E-state index in [1.165, 1.54) is 4.88 Å². The van der Waals surface area contributed by atoms with Crippen molar-refractivity contribution < 1.29 is 9.47 Å². The second kappa shape index (κ2) is 8.95. The highest BCUT2D eigenvalue weighted by atomic mass is 32.2. The molecule has 1 atom stereocenters. The predicted molar refractivity (Wildman–Crippen MR) is 123 cm³/mol. The average Bonchev–Trinajstić information content (AvgIpc) is 3.45. The summed E-state index contributed by atoms with van der Waals surface area (Å²) >= 11 is 3.33. The Morgan fingerprint density at radius 1 is 1.10 bits per heavy atom. The molecule has 0 saturated heterocycles. The van der Waals surface area contributed by atoms with Crippen molar-refractivity contribution in [3.63, 3.8) is 0 Å². The average molecular weight is 449 g/mol. The van der Waals surface area contributed by atoms with Gasteiger partial charge in [-0.3, -0.25) is 4.57 Å². The number of fused-ring (bicyclic) bond motifs is 1. The van der Waals surface area contributed by atoms with Crippen molar-refractivity contribution in [1.29, 1.82) is 0 Å². The van der Waals surface area contributed by atoms with Crippen LogP contribution in [-0.2, 0) is 12.3 Å². The smallest absolute Gasteiger partial charge is 0.192 e. The molecule has 0 N–H and O–H groups in total. The molecule has 156 valence electrons. The lowest BCUT2D eigenvalue weighted by atomic mass is 10.2. The third-order valence-electron chi connectivity index (χ3n) is 4.77. The molecule has 0 amide bonds. The van der Waals surface area contributed by atoms with Crippen molar-refractivity contribution in [3.05, 3.63) is 84.2 Å². The zero-order valence-corrected chi connectivity index (χ0v) is 18.3. The molecule has 1 unspecified atom stereocenters. The van der Waals surface area contributed by atoms with Crippen molar-refractivity contribution in [3.8, 4) is 22.1 Å². The number of nitrogens with zero attached hydrogens (tertiary/aromatic N) is 4. The summed E-state index contributed by atoms with van der Waals surface area (Å²) in [6.45, 7) is 4.88. The van der Waals surface area contributed by atoms with E-state index >= 15 is 0 Å². The van der Waals surface area contributed by atoms with Gasteiger partial charge in [0.2, 0.25) is 0 Å². The Morgan fingerprint density at radius 2 is 1.90 bits per heavy atom. The molecule has 0 aliphatic carbocycles. The van der Waals surface area contributed by atoms with E-state index in [0.717, 1.165) is 38.8 Å². The van der Waals surface area contributed by atoms with Gasteiger partial charge in [-0.05, 0) is 12.1 Å². The number of aromatic nitrogens is 4. The van der Waals surface area contributed by atoms with Crippen LogP contribution >= 0.6 is 23.1 Å². The van der Waals surface area contributed by atoms with E-state index in [1.54, 1.807) is 23.1 Å². The van der Waals surface area contributed by atoms with Gasteiger partial charge in [0.1, 0.15) is 11.6 Å². The molecule has 0 spiro atoms. The van der Waals surface area contributed by atoms with Gasteiger partial charge in [0.05, 0.1) is 0 Å². The molecule has 4 aromatic rings. The summed E-state index contributed by atoms with van der Waals surface area (Å²) < 4.78 is 14.0. The standard InChI is InChI=1S/C23H20N4O2S2/c1-2-12-27-21(20-14-28-18-10-6-7-11-19(18)29-20)25-26-23(27)30-15-17-13-24-22(31-17)16-8-4-3-5-9-16/h2-11,13,20H,1,12,14-15H2. The van der Waals surface area contributed by atoms with E-state index in [-0.39, 0.29) is 6.10 Å². The minimum absolute atomic E-state index is 0.315. The predicted octanol–water partition coefficient (Wildman–Crippen LogP) is 5.39. The second-order valence-electron chi connectivity index (χ2n) is 6.89. The molecule has 3 heterocycles. The lowest BCUT2D eigenvalue weighted by Crippen LogP contribution is -2.25. The monoisotopic (exact) mass is 448 g/mol. The van der Waals surface area contributed by atoms with Crippen molar-refractivity contribution in [1.82, 2.24) is 19.7 Å². The number of allylic oxidation sites excluding steroid dienone is 1. The summed E-state index contributed by atoms with van der Waals surface area (Å²) in [6, 6.07) is 17.9. The molecule has 0 bridgehead atoms. The van der Waals surface area contributed by atoms with Crippen LogP contribution in [0.2, 0.25) is 0 Å². The summed E-state index contributed by atoms with van der Waals surface area (Å²) in [4.78, 5) is 5.75. The quantitative estimate of drug-likeness (QED) is 0.279. The lowest BCUT2D eigenvalue weighted by Gasteiger charge is -2.26. The minimum atomic E-state index is -0.315. The zero-order valence-electron chi connectivity index (χ0n) is 16.7. The van der Waals surface area contributed by atoms with E-state index in [0.29, 0.717) is 13.2 Å². The molecule has 8 heteroatoms. The van der Waals surface area contributed by atoms with Crippen LogP contribution in [0.15, 0.2) is 78.6 Å². The highest BCUT2D eigenvalue weighted by molar-refractivity contribution is 7.98. The normalized spacial score (nSPS) is 15.0. The van der Waals surface area contributed by atoms with Gasteiger partial charge in [0.15, 0.2) is 28.6 Å². The fraction of sp³-hybridized carbons (Fsp3) is 0.174. The summed E-state index contributed by atoms with van der Waals surface area (Å²) in [5.74, 6) is 2.98. The molecule has 1 aliphatic rings. The molecule has 0 fully saturated rings. The van der Waals surface area contributed by atoms with Crippen molar-refractivity contribution in [2.75, 3.05) is 6.61 Å². The Kier molecular flexibility index (Phi) is 5.73. The van der Waals surface area contributed by atoms with E-state index in [2.05, 4.69) is 33.9 Å². The molecule has 2 aromatic heterocycles. The van der Waals surface area contributed by atoms with E-state index in [4.69, 9.17) is 9.47 Å². The van der Waals surface area contributed by atoms with E-state index < -0.39 is 0 Å². The summed E-state index contributed by atoms with van der Waals surface area (Å²) in [5.41, 5.74) is 1.13. The van der Waals surface area contributed by atoms with Crippen molar-refractivity contribution >= 4 is 23.1 Å². The third-order valence-corrected chi connectivity index (χ3v) is 7.02. The highest BCUT2D eigenvalue weighted by Crippen LogP contribution is 2.36. The number of thioether (sulfide) groups is 1. The maximum absolute atomic E-state index is 6.13. The van der Waals surface area contributed by atoms with Crippen molar-refractivity contribution in [2.24, 2.45) is 0 Å². The molecule has 1 aliphatic heterocycles. The molecule has 0 radical (unpaired) electrons. The first-order valence-corrected chi connectivity index (χ1v) is 11.7. The van der Waals surface area contributed by atoms with E-state index in [9.17, 15) is 0 Å². The molecule has 6 nitrogen and oxygen atoms in total. The number of para-hydroxylation sites is 2. The van der Waals surface area contributed by atoms with Gasteiger partial charge in [0.25, 0.3) is 0 Å². The molecular formula is C23H20N4O2S2. The minimum Gasteiger partial charge on any atom is -0.485 e. The number of hydrogen-bond acceptors (Lipinski definition) is 7. The first-order chi connectivity index (χ1) is 15.3. The van der Waals surface area contributed by atoms with Gasteiger partial charge >= 0.3 is 0 Å². The van der Waals surface area contributed by atoms with Crippen LogP contribution in [0.1, 0.15) is 16.8 Å². The first kappa shape index (κ1) is 19.8. The van der Waals surface area contributed by atoms with Crippen LogP contribution in [0.4, 0.5) is 0 Å². The van der Waals surface area contributed by atoms with Gasteiger partial charge in [-0.15, -0.1) is 28.1 Å². The fourth-order valence-electron chi connectivity index (χ4n) is 3.32. The van der Waals surface area contributed by atoms with Crippen LogP contribution in [0.5, 0.6) is 11.5 Å². The first-order valence-electron chi connectivity index (χ1n) is 9.87. The number of benzene rings is 2. The molecular weight excluding hydrogens is 428 g/mol. The van der Waals surface area contributed by atoms with Gasteiger partial charge in [0, 0.05) is 28.9 Å². The topological polar surface area (TPSA) is 62.1 Å². The van der Waals surface area contributed by atoms with Gasteiger partial charge < -0.3 is 9.47 Å². The van der Waals surface area contributed by atoms with Crippen LogP contribution in [0.3, 0.4) is 0 Å². The van der Waals surface area contributed by atoms with Crippen LogP contribution in [0.25, 0.3) is 10.6 Å². The number of rotatable bonds is 7. The summed E-state index contributed by atoms with van der Waals surface area (Å²) in [7, 11) is 0. The Labute approximate surface area is 188 Å². The summed E-state index contributed by atoms with van der Waals surface area (Å²) in [5, 5.41) is 10.7. The summed E-state index contributed by atoms with van der Waals surface area (Å²) in [6.07, 6.45) is 3.46. The van der Waals surface area contributed by atoms with Gasteiger partial charge in [-0.1, -0.05) is 60.3 Å². The van der Waals surface area contributed by atoms with Gasteiger partial charge in [-0.25, -0.2) is 4.98 Å².